The fraction of sp³-hybridized carbons (Fsp3) is 0.250. The third-order valence-electron chi connectivity index (χ3n) is 1.47. The van der Waals surface area contributed by atoms with Gasteiger partial charge in [0.05, 0.1) is 5.02 Å². The zero-order valence-electron chi connectivity index (χ0n) is 6.00. The van der Waals surface area contributed by atoms with Crippen molar-refractivity contribution in [2.24, 2.45) is 0 Å². The molecule has 1 rings (SSSR count). The van der Waals surface area contributed by atoms with Gasteiger partial charge in [-0.05, 0) is 24.1 Å². The predicted octanol–water partition coefficient (Wildman–Crippen LogP) is 3.69. The smallest absolute Gasteiger partial charge is 0.143 e. The Morgan fingerprint density at radius 3 is 2.45 bits per heavy atom. The molecule has 0 saturated carbocycles. The summed E-state index contributed by atoms with van der Waals surface area (Å²) in [7, 11) is 0. The standard InChI is InChI=1S/C8H7Cl2F/c1-2-5-3-7(10)8(11)4-6(5)9/h3-4H,2H2,1H3. The first-order valence-electron chi connectivity index (χ1n) is 3.28. The van der Waals surface area contributed by atoms with Gasteiger partial charge in [-0.1, -0.05) is 30.1 Å². The minimum Gasteiger partial charge on any atom is -0.205 e. The molecule has 0 aliphatic carbocycles. The van der Waals surface area contributed by atoms with E-state index in [0.717, 1.165) is 12.0 Å². The minimum atomic E-state index is -0.464. The van der Waals surface area contributed by atoms with Crippen LogP contribution in [0.25, 0.3) is 0 Å². The van der Waals surface area contributed by atoms with Crippen molar-refractivity contribution < 1.29 is 4.39 Å². The third kappa shape index (κ3) is 1.85. The Balaban J connectivity index is 3.21. The first kappa shape index (κ1) is 8.82. The molecule has 0 unspecified atom stereocenters. The molecule has 0 nitrogen and oxygen atoms in total. The van der Waals surface area contributed by atoms with Gasteiger partial charge < -0.3 is 0 Å². The molecule has 0 atom stereocenters. The van der Waals surface area contributed by atoms with E-state index in [4.69, 9.17) is 23.2 Å². The summed E-state index contributed by atoms with van der Waals surface area (Å²) in [5, 5.41) is 0.570. The summed E-state index contributed by atoms with van der Waals surface area (Å²) in [5.41, 5.74) is 0.873. The van der Waals surface area contributed by atoms with Gasteiger partial charge in [-0.2, -0.15) is 0 Å². The molecule has 1 aromatic carbocycles. The van der Waals surface area contributed by atoms with Crippen LogP contribution in [-0.4, -0.2) is 0 Å². The van der Waals surface area contributed by atoms with Crippen molar-refractivity contribution in [2.75, 3.05) is 0 Å². The molecule has 0 aromatic heterocycles. The molecular formula is C8H7Cl2F. The van der Waals surface area contributed by atoms with Crippen LogP contribution < -0.4 is 0 Å². The van der Waals surface area contributed by atoms with Crippen LogP contribution in [0.1, 0.15) is 12.5 Å². The maximum atomic E-state index is 12.7. The Labute approximate surface area is 74.9 Å². The molecule has 60 valence electrons. The van der Waals surface area contributed by atoms with Crippen LogP contribution in [0.15, 0.2) is 12.1 Å². The molecule has 0 saturated heterocycles. The van der Waals surface area contributed by atoms with Crippen molar-refractivity contribution >= 4 is 23.2 Å². The Bertz CT molecular complexity index is 271. The van der Waals surface area contributed by atoms with Gasteiger partial charge in [0.15, 0.2) is 0 Å². The van der Waals surface area contributed by atoms with Gasteiger partial charge in [0.2, 0.25) is 0 Å². The van der Waals surface area contributed by atoms with E-state index in [1.807, 2.05) is 6.92 Å². The molecule has 0 aliphatic rings. The highest BCUT2D eigenvalue weighted by Crippen LogP contribution is 2.24. The fourth-order valence-electron chi connectivity index (χ4n) is 0.835. The second-order valence-corrected chi connectivity index (χ2v) is 3.03. The summed E-state index contributed by atoms with van der Waals surface area (Å²) in [6.07, 6.45) is 0.763. The molecule has 3 heteroatoms. The van der Waals surface area contributed by atoms with Crippen molar-refractivity contribution in [1.82, 2.24) is 0 Å². The maximum Gasteiger partial charge on any atom is 0.143 e. The zero-order valence-corrected chi connectivity index (χ0v) is 7.51. The van der Waals surface area contributed by atoms with Crippen LogP contribution in [0.2, 0.25) is 10.0 Å². The topological polar surface area (TPSA) is 0 Å². The van der Waals surface area contributed by atoms with Crippen molar-refractivity contribution in [3.8, 4) is 0 Å². The lowest BCUT2D eigenvalue weighted by molar-refractivity contribution is 0.627. The number of hydrogen-bond acceptors (Lipinski definition) is 0. The molecule has 0 amide bonds. The second-order valence-electron chi connectivity index (χ2n) is 2.21. The second kappa shape index (κ2) is 3.42. The van der Waals surface area contributed by atoms with Gasteiger partial charge in [0, 0.05) is 5.02 Å². The molecule has 0 spiro atoms. The average molecular weight is 193 g/mol. The van der Waals surface area contributed by atoms with E-state index in [9.17, 15) is 4.39 Å². The predicted molar refractivity (Wildman–Crippen MR) is 45.8 cm³/mol. The van der Waals surface area contributed by atoms with Crippen LogP contribution in [0, 0.1) is 5.82 Å². The average Bonchev–Trinajstić information content (AvgIpc) is 1.97. The van der Waals surface area contributed by atoms with E-state index < -0.39 is 5.82 Å². The highest BCUT2D eigenvalue weighted by molar-refractivity contribution is 6.33. The van der Waals surface area contributed by atoms with Crippen LogP contribution in [0.4, 0.5) is 4.39 Å². The molecule has 0 radical (unpaired) electrons. The van der Waals surface area contributed by atoms with Crippen molar-refractivity contribution in [1.29, 1.82) is 0 Å². The first-order valence-corrected chi connectivity index (χ1v) is 4.04. The number of rotatable bonds is 1. The SMILES string of the molecule is CCc1cc(Cl)c(F)cc1Cl. The van der Waals surface area contributed by atoms with Crippen LogP contribution in [0.3, 0.4) is 0 Å². The van der Waals surface area contributed by atoms with Gasteiger partial charge in [0.25, 0.3) is 0 Å². The van der Waals surface area contributed by atoms with E-state index >= 15 is 0 Å². The Morgan fingerprint density at radius 2 is 1.91 bits per heavy atom. The Hall–Kier alpha value is -0.270. The van der Waals surface area contributed by atoms with Gasteiger partial charge in [-0.3, -0.25) is 0 Å². The summed E-state index contributed by atoms with van der Waals surface area (Å²) in [6, 6.07) is 2.79. The molecule has 1 aromatic rings. The van der Waals surface area contributed by atoms with E-state index in [-0.39, 0.29) is 5.02 Å². The van der Waals surface area contributed by atoms with Crippen molar-refractivity contribution in [3.63, 3.8) is 0 Å². The van der Waals surface area contributed by atoms with Crippen molar-refractivity contribution in [3.05, 3.63) is 33.6 Å². The fourth-order valence-corrected chi connectivity index (χ4v) is 1.30. The van der Waals surface area contributed by atoms with Gasteiger partial charge in [-0.15, -0.1) is 0 Å². The minimum absolute atomic E-state index is 0.131. The molecular weight excluding hydrogens is 186 g/mol. The lowest BCUT2D eigenvalue weighted by Gasteiger charge is -2.01. The van der Waals surface area contributed by atoms with E-state index in [2.05, 4.69) is 0 Å². The quantitative estimate of drug-likeness (QED) is 0.596. The first-order chi connectivity index (χ1) is 5.15. The summed E-state index contributed by atoms with van der Waals surface area (Å²) < 4.78 is 12.7. The highest BCUT2D eigenvalue weighted by Gasteiger charge is 2.04. The van der Waals surface area contributed by atoms with Crippen molar-refractivity contribution in [2.45, 2.75) is 13.3 Å². The van der Waals surface area contributed by atoms with Gasteiger partial charge in [-0.25, -0.2) is 4.39 Å². The highest BCUT2D eigenvalue weighted by atomic mass is 35.5. The largest absolute Gasteiger partial charge is 0.205 e. The molecule has 0 bridgehead atoms. The lowest BCUT2D eigenvalue weighted by atomic mass is 10.2. The number of halogens is 3. The van der Waals surface area contributed by atoms with E-state index in [1.165, 1.54) is 6.07 Å². The molecule has 0 aliphatic heterocycles. The number of hydrogen-bond donors (Lipinski definition) is 0. The Kier molecular flexibility index (Phi) is 2.74. The monoisotopic (exact) mass is 192 g/mol. The normalized spacial score (nSPS) is 10.2. The molecule has 0 N–H and O–H groups in total. The number of benzene rings is 1. The van der Waals surface area contributed by atoms with Crippen LogP contribution >= 0.6 is 23.2 Å². The zero-order chi connectivity index (χ0) is 8.43. The molecule has 0 fully saturated rings. The summed E-state index contributed by atoms with van der Waals surface area (Å²) in [4.78, 5) is 0. The molecule has 0 heterocycles. The van der Waals surface area contributed by atoms with Crippen LogP contribution in [-0.2, 0) is 6.42 Å². The van der Waals surface area contributed by atoms with E-state index in [0.29, 0.717) is 5.02 Å². The maximum absolute atomic E-state index is 12.7. The van der Waals surface area contributed by atoms with Gasteiger partial charge >= 0.3 is 0 Å². The van der Waals surface area contributed by atoms with Crippen LogP contribution in [0.5, 0.6) is 0 Å². The summed E-state index contributed by atoms with van der Waals surface area (Å²) >= 11 is 11.2. The molecule has 11 heavy (non-hydrogen) atoms. The van der Waals surface area contributed by atoms with E-state index in [1.54, 1.807) is 6.07 Å². The number of aryl methyl sites for hydroxylation is 1. The third-order valence-corrected chi connectivity index (χ3v) is 2.11. The lowest BCUT2D eigenvalue weighted by Crippen LogP contribution is -1.85. The Morgan fingerprint density at radius 1 is 1.27 bits per heavy atom. The van der Waals surface area contributed by atoms with Gasteiger partial charge in [0.1, 0.15) is 5.82 Å². The summed E-state index contributed by atoms with van der Waals surface area (Å²) in [5.74, 6) is -0.464. The summed E-state index contributed by atoms with van der Waals surface area (Å²) in [6.45, 7) is 1.94.